The lowest BCUT2D eigenvalue weighted by Gasteiger charge is -2.34. The molecule has 1 atom stereocenters. The van der Waals surface area contributed by atoms with Crippen LogP contribution in [0.4, 0.5) is 5.69 Å². The second kappa shape index (κ2) is 9.55. The van der Waals surface area contributed by atoms with Crippen LogP contribution in [-0.4, -0.2) is 66.9 Å². The van der Waals surface area contributed by atoms with E-state index in [1.54, 1.807) is 23.5 Å². The van der Waals surface area contributed by atoms with Crippen LogP contribution in [0.25, 0.3) is 0 Å². The van der Waals surface area contributed by atoms with Gasteiger partial charge in [0, 0.05) is 32.2 Å². The molecule has 3 heterocycles. The van der Waals surface area contributed by atoms with Crippen molar-refractivity contribution in [3.8, 4) is 0 Å². The Bertz CT molecular complexity index is 1060. The normalized spacial score (nSPS) is 21.1. The summed E-state index contributed by atoms with van der Waals surface area (Å²) in [5.41, 5.74) is 1.59. The zero-order valence-corrected chi connectivity index (χ0v) is 19.6. The monoisotopic (exact) mass is 485 g/mol. The van der Waals surface area contributed by atoms with Crippen LogP contribution in [0.2, 0.25) is 0 Å². The van der Waals surface area contributed by atoms with E-state index in [0.29, 0.717) is 31.9 Å². The number of ether oxygens (including phenoxy) is 1. The molecule has 1 aromatic heterocycles. The van der Waals surface area contributed by atoms with Crippen LogP contribution in [0, 0.1) is 0 Å². The van der Waals surface area contributed by atoms with Gasteiger partial charge in [-0.25, -0.2) is 21.6 Å². The van der Waals surface area contributed by atoms with Gasteiger partial charge < -0.3 is 4.74 Å². The Labute approximate surface area is 187 Å². The molecule has 31 heavy (non-hydrogen) atoms. The van der Waals surface area contributed by atoms with Crippen molar-refractivity contribution < 1.29 is 21.6 Å². The highest BCUT2D eigenvalue weighted by Gasteiger charge is 2.28. The summed E-state index contributed by atoms with van der Waals surface area (Å²) >= 11 is 1.59. The Morgan fingerprint density at radius 1 is 1.06 bits per heavy atom. The highest BCUT2D eigenvalue weighted by molar-refractivity contribution is 7.92. The quantitative estimate of drug-likeness (QED) is 0.645. The summed E-state index contributed by atoms with van der Waals surface area (Å²) in [5, 5.41) is 4.03. The number of anilines is 1. The number of benzene rings is 1. The number of rotatable bonds is 7. The maximum absolute atomic E-state index is 12.9. The SMILES string of the molecule is O=S(=O)(NCC(c1ccsc1)N1CCOCC1)c1ccc(N2CCCCS2(=O)=O)cc1. The number of hydrogen-bond donors (Lipinski definition) is 1. The van der Waals surface area contributed by atoms with E-state index in [1.807, 2.05) is 16.8 Å². The van der Waals surface area contributed by atoms with E-state index >= 15 is 0 Å². The number of morpholine rings is 1. The molecule has 4 rings (SSSR count). The van der Waals surface area contributed by atoms with Crippen molar-refractivity contribution in [3.05, 3.63) is 46.7 Å². The zero-order valence-electron chi connectivity index (χ0n) is 17.1. The van der Waals surface area contributed by atoms with Gasteiger partial charge in [-0.3, -0.25) is 9.21 Å². The average molecular weight is 486 g/mol. The van der Waals surface area contributed by atoms with Crippen LogP contribution >= 0.6 is 11.3 Å². The molecule has 8 nitrogen and oxygen atoms in total. The van der Waals surface area contributed by atoms with Gasteiger partial charge in [0.25, 0.3) is 0 Å². The van der Waals surface area contributed by atoms with Gasteiger partial charge in [-0.2, -0.15) is 11.3 Å². The first-order valence-corrected chi connectivity index (χ1v) is 14.3. The zero-order chi connectivity index (χ0) is 21.9. The van der Waals surface area contributed by atoms with Gasteiger partial charge in [-0.1, -0.05) is 0 Å². The van der Waals surface area contributed by atoms with E-state index in [9.17, 15) is 16.8 Å². The molecule has 11 heteroatoms. The molecule has 0 aliphatic carbocycles. The Balaban J connectivity index is 1.47. The summed E-state index contributed by atoms with van der Waals surface area (Å²) in [4.78, 5) is 2.36. The van der Waals surface area contributed by atoms with E-state index in [1.165, 1.54) is 16.4 Å². The number of nitrogens with zero attached hydrogens (tertiary/aromatic N) is 2. The van der Waals surface area contributed by atoms with Crippen molar-refractivity contribution in [2.75, 3.05) is 49.5 Å². The van der Waals surface area contributed by atoms with Gasteiger partial charge in [0.1, 0.15) is 0 Å². The molecule has 0 spiro atoms. The van der Waals surface area contributed by atoms with E-state index < -0.39 is 20.0 Å². The first-order valence-electron chi connectivity index (χ1n) is 10.3. The Hall–Kier alpha value is -1.50. The molecule has 0 bridgehead atoms. The second-order valence-electron chi connectivity index (χ2n) is 7.66. The molecule has 2 aliphatic heterocycles. The smallest absolute Gasteiger partial charge is 0.240 e. The number of hydrogen-bond acceptors (Lipinski definition) is 7. The van der Waals surface area contributed by atoms with Crippen molar-refractivity contribution in [2.24, 2.45) is 0 Å². The summed E-state index contributed by atoms with van der Waals surface area (Å²) in [7, 11) is -7.06. The molecular formula is C20H27N3O5S3. The molecule has 2 aliphatic rings. The lowest BCUT2D eigenvalue weighted by molar-refractivity contribution is 0.0173. The lowest BCUT2D eigenvalue weighted by atomic mass is 10.1. The van der Waals surface area contributed by atoms with Crippen molar-refractivity contribution in [3.63, 3.8) is 0 Å². The van der Waals surface area contributed by atoms with E-state index in [2.05, 4.69) is 9.62 Å². The molecule has 2 fully saturated rings. The van der Waals surface area contributed by atoms with Gasteiger partial charge in [-0.15, -0.1) is 0 Å². The van der Waals surface area contributed by atoms with Crippen LogP contribution < -0.4 is 9.03 Å². The van der Waals surface area contributed by atoms with E-state index in [-0.39, 0.29) is 23.2 Å². The number of nitrogens with one attached hydrogen (secondary N) is 1. The molecule has 2 aromatic rings. The van der Waals surface area contributed by atoms with Crippen LogP contribution in [0.15, 0.2) is 46.0 Å². The molecular weight excluding hydrogens is 458 g/mol. The molecule has 1 aromatic carbocycles. The Kier molecular flexibility index (Phi) is 6.99. The van der Waals surface area contributed by atoms with Gasteiger partial charge in [0.05, 0.1) is 29.5 Å². The Morgan fingerprint density at radius 2 is 1.81 bits per heavy atom. The summed E-state index contributed by atoms with van der Waals surface area (Å²) in [6, 6.07) is 8.02. The molecule has 170 valence electrons. The van der Waals surface area contributed by atoms with Crippen LogP contribution in [0.1, 0.15) is 24.4 Å². The molecule has 0 radical (unpaired) electrons. The van der Waals surface area contributed by atoms with Crippen molar-refractivity contribution in [1.29, 1.82) is 0 Å². The fraction of sp³-hybridized carbons (Fsp3) is 0.500. The maximum Gasteiger partial charge on any atom is 0.240 e. The van der Waals surface area contributed by atoms with Gasteiger partial charge in [-0.05, 0) is 59.5 Å². The van der Waals surface area contributed by atoms with Crippen LogP contribution in [-0.2, 0) is 24.8 Å². The fourth-order valence-electron chi connectivity index (χ4n) is 3.95. The Morgan fingerprint density at radius 3 is 2.45 bits per heavy atom. The highest BCUT2D eigenvalue weighted by atomic mass is 32.2. The predicted octanol–water partition coefficient (Wildman–Crippen LogP) is 2.03. The van der Waals surface area contributed by atoms with Gasteiger partial charge in [0.2, 0.25) is 20.0 Å². The molecule has 2 saturated heterocycles. The fourth-order valence-corrected chi connectivity index (χ4v) is 7.34. The third-order valence-corrected chi connectivity index (χ3v) is 9.68. The van der Waals surface area contributed by atoms with Crippen LogP contribution in [0.5, 0.6) is 0 Å². The molecule has 0 amide bonds. The molecule has 0 saturated carbocycles. The molecule has 1 N–H and O–H groups in total. The van der Waals surface area contributed by atoms with Crippen molar-refractivity contribution in [2.45, 2.75) is 23.8 Å². The molecule has 1 unspecified atom stereocenters. The van der Waals surface area contributed by atoms with E-state index in [4.69, 9.17) is 4.74 Å². The summed E-state index contributed by atoms with van der Waals surface area (Å²) < 4.78 is 60.0. The minimum absolute atomic E-state index is 0.0670. The lowest BCUT2D eigenvalue weighted by Crippen LogP contribution is -2.43. The summed E-state index contributed by atoms with van der Waals surface area (Å²) in [6.07, 6.45) is 1.45. The van der Waals surface area contributed by atoms with Crippen molar-refractivity contribution in [1.82, 2.24) is 9.62 Å². The maximum atomic E-state index is 12.9. The second-order valence-corrected chi connectivity index (χ2v) is 12.2. The minimum atomic E-state index is -3.73. The first kappa shape index (κ1) is 22.7. The summed E-state index contributed by atoms with van der Waals surface area (Å²) in [6.45, 7) is 3.45. The third-order valence-electron chi connectivity index (χ3n) is 5.67. The average Bonchev–Trinajstić information content (AvgIpc) is 3.29. The van der Waals surface area contributed by atoms with Crippen LogP contribution in [0.3, 0.4) is 0 Å². The van der Waals surface area contributed by atoms with Gasteiger partial charge >= 0.3 is 0 Å². The van der Waals surface area contributed by atoms with Gasteiger partial charge in [0.15, 0.2) is 0 Å². The highest BCUT2D eigenvalue weighted by Crippen LogP contribution is 2.26. The van der Waals surface area contributed by atoms with E-state index in [0.717, 1.165) is 25.1 Å². The topological polar surface area (TPSA) is 96.0 Å². The number of thiophene rings is 1. The van der Waals surface area contributed by atoms with Crippen molar-refractivity contribution >= 4 is 37.1 Å². The minimum Gasteiger partial charge on any atom is -0.379 e. The number of sulfonamides is 2. The summed E-state index contributed by atoms with van der Waals surface area (Å²) in [5.74, 6) is 0.125. The first-order chi connectivity index (χ1) is 14.9. The predicted molar refractivity (Wildman–Crippen MR) is 121 cm³/mol. The standard InChI is InChI=1S/C20H27N3O5S3/c24-30(25)14-2-1-8-23(30)18-3-5-19(6-4-18)31(26,27)21-15-20(17-7-13-29-16-17)22-9-11-28-12-10-22/h3-7,13,16,20-21H,1-2,8-12,14-15H2. The third kappa shape index (κ3) is 5.29. The largest absolute Gasteiger partial charge is 0.379 e.